The van der Waals surface area contributed by atoms with E-state index in [-0.39, 0.29) is 11.6 Å². The normalized spacial score (nSPS) is 15.8. The molecule has 1 fully saturated rings. The number of nitriles is 1. The van der Waals surface area contributed by atoms with Crippen molar-refractivity contribution in [3.05, 3.63) is 65.7 Å². The third-order valence-corrected chi connectivity index (χ3v) is 6.94. The van der Waals surface area contributed by atoms with E-state index in [1.165, 1.54) is 12.1 Å². The maximum Gasteiger partial charge on any atom is 0.141 e. The molecule has 5 rings (SSSR count). The van der Waals surface area contributed by atoms with E-state index < -0.39 is 5.82 Å². The van der Waals surface area contributed by atoms with Gasteiger partial charge in [0.05, 0.1) is 37.2 Å². The van der Waals surface area contributed by atoms with Crippen molar-refractivity contribution in [1.82, 2.24) is 14.5 Å². The molecule has 36 heavy (non-hydrogen) atoms. The summed E-state index contributed by atoms with van der Waals surface area (Å²) in [6, 6.07) is 14.5. The monoisotopic (exact) mass is 485 g/mol. The van der Waals surface area contributed by atoms with Gasteiger partial charge in [0, 0.05) is 61.0 Å². The van der Waals surface area contributed by atoms with Crippen molar-refractivity contribution in [1.29, 1.82) is 5.26 Å². The zero-order valence-corrected chi connectivity index (χ0v) is 20.6. The smallest absolute Gasteiger partial charge is 0.141 e. The van der Waals surface area contributed by atoms with Crippen molar-refractivity contribution in [3.63, 3.8) is 0 Å². The topological polar surface area (TPSA) is 89.3 Å². The van der Waals surface area contributed by atoms with E-state index in [4.69, 9.17) is 20.2 Å². The van der Waals surface area contributed by atoms with Gasteiger partial charge in [-0.3, -0.25) is 9.88 Å². The molecule has 3 heterocycles. The molecule has 0 saturated carbocycles. The van der Waals surface area contributed by atoms with Crippen LogP contribution in [0.25, 0.3) is 33.3 Å². The van der Waals surface area contributed by atoms with Crippen LogP contribution in [0.4, 0.5) is 4.39 Å². The van der Waals surface area contributed by atoms with Crippen molar-refractivity contribution < 1.29 is 13.9 Å². The first kappa shape index (κ1) is 23.8. The first-order chi connectivity index (χ1) is 17.4. The van der Waals surface area contributed by atoms with Crippen LogP contribution in [0.1, 0.15) is 17.7 Å². The fraction of sp³-hybridized carbons (Fsp3) is 0.286. The quantitative estimate of drug-likeness (QED) is 0.434. The molecule has 7 nitrogen and oxygen atoms in total. The Bertz CT molecular complexity index is 1490. The van der Waals surface area contributed by atoms with E-state index in [1.54, 1.807) is 26.4 Å². The fourth-order valence-electron chi connectivity index (χ4n) is 4.99. The van der Waals surface area contributed by atoms with E-state index >= 15 is 0 Å². The molecule has 0 amide bonds. The van der Waals surface area contributed by atoms with Crippen LogP contribution in [-0.2, 0) is 13.6 Å². The lowest BCUT2D eigenvalue weighted by Crippen LogP contribution is -2.26. The van der Waals surface area contributed by atoms with Gasteiger partial charge < -0.3 is 19.8 Å². The lowest BCUT2D eigenvalue weighted by atomic mass is 9.95. The average molecular weight is 486 g/mol. The summed E-state index contributed by atoms with van der Waals surface area (Å²) in [6.07, 6.45) is 2.83. The van der Waals surface area contributed by atoms with Gasteiger partial charge in [-0.05, 0) is 42.3 Å². The van der Waals surface area contributed by atoms with Crippen LogP contribution in [0.5, 0.6) is 11.5 Å². The molecule has 1 saturated heterocycles. The van der Waals surface area contributed by atoms with Crippen LogP contribution in [0.3, 0.4) is 0 Å². The maximum absolute atomic E-state index is 14.8. The molecular formula is C28H28FN5O2. The molecule has 0 unspecified atom stereocenters. The predicted octanol–water partition coefficient (Wildman–Crippen LogP) is 4.47. The van der Waals surface area contributed by atoms with Crippen LogP contribution >= 0.6 is 0 Å². The summed E-state index contributed by atoms with van der Waals surface area (Å²) in [7, 11) is 5.22. The number of rotatable bonds is 6. The minimum absolute atomic E-state index is 0.00147. The van der Waals surface area contributed by atoms with Crippen molar-refractivity contribution in [2.24, 2.45) is 12.8 Å². The first-order valence-corrected chi connectivity index (χ1v) is 11.8. The second-order valence-electron chi connectivity index (χ2n) is 9.13. The molecule has 2 aromatic carbocycles. The zero-order chi connectivity index (χ0) is 25.4. The van der Waals surface area contributed by atoms with Gasteiger partial charge in [0.1, 0.15) is 23.4 Å². The number of ether oxygens (including phenoxy) is 2. The Morgan fingerprint density at radius 3 is 2.67 bits per heavy atom. The molecule has 0 bridgehead atoms. The van der Waals surface area contributed by atoms with Crippen LogP contribution < -0.4 is 15.2 Å². The maximum atomic E-state index is 14.8. The van der Waals surface area contributed by atoms with Gasteiger partial charge >= 0.3 is 0 Å². The molecule has 0 radical (unpaired) electrons. The first-order valence-electron chi connectivity index (χ1n) is 11.8. The Balaban J connectivity index is 1.74. The summed E-state index contributed by atoms with van der Waals surface area (Å²) in [5.74, 6) is 0.689. The molecule has 2 aromatic heterocycles. The van der Waals surface area contributed by atoms with Gasteiger partial charge in [-0.25, -0.2) is 4.39 Å². The minimum atomic E-state index is -0.568. The number of aromatic nitrogens is 2. The van der Waals surface area contributed by atoms with E-state index in [9.17, 15) is 9.65 Å². The molecule has 2 N–H and O–H groups in total. The van der Waals surface area contributed by atoms with Crippen LogP contribution in [0, 0.1) is 17.1 Å². The number of likely N-dealkylation sites (tertiary alicyclic amines) is 1. The summed E-state index contributed by atoms with van der Waals surface area (Å²) < 4.78 is 28.0. The lowest BCUT2D eigenvalue weighted by molar-refractivity contribution is 0.319. The number of nitrogens with two attached hydrogens (primary N) is 1. The van der Waals surface area contributed by atoms with Gasteiger partial charge in [-0.15, -0.1) is 0 Å². The summed E-state index contributed by atoms with van der Waals surface area (Å²) >= 11 is 0. The van der Waals surface area contributed by atoms with Crippen molar-refractivity contribution in [2.75, 3.05) is 27.3 Å². The van der Waals surface area contributed by atoms with Crippen molar-refractivity contribution in [2.45, 2.75) is 19.0 Å². The Kier molecular flexibility index (Phi) is 6.35. The second-order valence-corrected chi connectivity index (χ2v) is 9.13. The lowest BCUT2D eigenvalue weighted by Gasteiger charge is -2.16. The Labute approximate surface area is 209 Å². The third-order valence-electron chi connectivity index (χ3n) is 6.94. The third kappa shape index (κ3) is 4.17. The zero-order valence-electron chi connectivity index (χ0n) is 20.6. The molecule has 1 aliphatic rings. The molecule has 4 aromatic rings. The molecular weight excluding hydrogens is 457 g/mol. The number of benzene rings is 2. The highest BCUT2D eigenvalue weighted by Gasteiger charge is 2.23. The van der Waals surface area contributed by atoms with E-state index in [1.807, 2.05) is 31.4 Å². The predicted molar refractivity (Wildman–Crippen MR) is 137 cm³/mol. The minimum Gasteiger partial charge on any atom is -0.497 e. The van der Waals surface area contributed by atoms with Crippen LogP contribution in [0.2, 0.25) is 0 Å². The standard InChI is InChI=1S/C28H28FN5O2/c1-33-20(16-34-9-8-19(31)15-34)11-23-25(33)14-32-28(22-7-6-21(35-2)12-26(22)36-3)27(23)17-4-5-18(13-30)24(29)10-17/h4-7,10-12,14,19H,8-9,15-16,31H2,1-3H3/t19-/m0/s1. The molecule has 0 spiro atoms. The van der Waals surface area contributed by atoms with E-state index in [0.717, 1.165) is 53.8 Å². The molecule has 184 valence electrons. The van der Waals surface area contributed by atoms with Gasteiger partial charge in [0.25, 0.3) is 0 Å². The number of nitrogens with zero attached hydrogens (tertiary/aromatic N) is 4. The number of hydrogen-bond donors (Lipinski definition) is 1. The van der Waals surface area contributed by atoms with Crippen LogP contribution in [0.15, 0.2) is 48.7 Å². The Hall–Kier alpha value is -3.93. The van der Waals surface area contributed by atoms with Gasteiger partial charge in [-0.1, -0.05) is 6.07 Å². The van der Waals surface area contributed by atoms with E-state index in [2.05, 4.69) is 15.5 Å². The summed E-state index contributed by atoms with van der Waals surface area (Å²) in [6.45, 7) is 2.59. The Morgan fingerprint density at radius 1 is 1.17 bits per heavy atom. The summed E-state index contributed by atoms with van der Waals surface area (Å²) in [5, 5.41) is 10.2. The average Bonchev–Trinajstić information content (AvgIpc) is 3.45. The van der Waals surface area contributed by atoms with Gasteiger partial charge in [0.2, 0.25) is 0 Å². The number of halogens is 1. The highest BCUT2D eigenvalue weighted by Crippen LogP contribution is 2.42. The summed E-state index contributed by atoms with van der Waals surface area (Å²) in [5.41, 5.74) is 11.0. The summed E-state index contributed by atoms with van der Waals surface area (Å²) in [4.78, 5) is 7.19. The van der Waals surface area contributed by atoms with Gasteiger partial charge in [0.15, 0.2) is 0 Å². The molecule has 0 aliphatic carbocycles. The van der Waals surface area contributed by atoms with Crippen molar-refractivity contribution >= 4 is 10.9 Å². The number of methoxy groups -OCH3 is 2. The SMILES string of the molecule is COc1ccc(-c2ncc3c(cc(CN4CC[C@H](N)C4)n3C)c2-c2ccc(C#N)c(F)c2)c(OC)c1. The highest BCUT2D eigenvalue weighted by molar-refractivity contribution is 6.02. The van der Waals surface area contributed by atoms with E-state index in [0.29, 0.717) is 22.8 Å². The van der Waals surface area contributed by atoms with Crippen LogP contribution in [-0.4, -0.2) is 47.8 Å². The fourth-order valence-corrected chi connectivity index (χ4v) is 4.99. The highest BCUT2D eigenvalue weighted by atomic mass is 19.1. The second kappa shape index (κ2) is 9.61. The van der Waals surface area contributed by atoms with Gasteiger partial charge in [-0.2, -0.15) is 5.26 Å². The number of pyridine rings is 1. The largest absolute Gasteiger partial charge is 0.497 e. The number of aryl methyl sites for hydroxylation is 1. The number of hydrogen-bond acceptors (Lipinski definition) is 6. The number of fused-ring (bicyclic) bond motifs is 1. The Morgan fingerprint density at radius 2 is 2.00 bits per heavy atom. The van der Waals surface area contributed by atoms with Crippen molar-refractivity contribution in [3.8, 4) is 40.0 Å². The molecule has 8 heteroatoms. The molecule has 1 aliphatic heterocycles. The molecule has 1 atom stereocenters.